The van der Waals surface area contributed by atoms with E-state index in [0.29, 0.717) is 12.4 Å². The van der Waals surface area contributed by atoms with Gasteiger partial charge in [-0.25, -0.2) is 4.98 Å². The molecule has 1 heterocycles. The van der Waals surface area contributed by atoms with Crippen molar-refractivity contribution in [1.29, 1.82) is 0 Å². The molecule has 0 aromatic carbocycles. The van der Waals surface area contributed by atoms with Crippen molar-refractivity contribution in [3.05, 3.63) is 22.8 Å². The first-order chi connectivity index (χ1) is 9.47. The van der Waals surface area contributed by atoms with Crippen LogP contribution < -0.4 is 5.32 Å². The van der Waals surface area contributed by atoms with E-state index >= 15 is 0 Å². The quantitative estimate of drug-likeness (QED) is 0.762. The second-order valence-electron chi connectivity index (χ2n) is 5.27. The fraction of sp³-hybridized carbons (Fsp3) is 0.643. The lowest BCUT2D eigenvalue weighted by atomic mass is 10.0. The molecule has 20 heavy (non-hydrogen) atoms. The number of nitrogens with one attached hydrogen (secondary N) is 1. The molecule has 112 valence electrons. The molecule has 2 nitrogen and oxygen atoms in total. The Bertz CT molecular complexity index is 443. The number of nitrogens with zero attached hydrogens (tertiary/aromatic N) is 1. The largest absolute Gasteiger partial charge is 0.417 e. The summed E-state index contributed by atoms with van der Waals surface area (Å²) < 4.78 is 37.4. The Kier molecular flexibility index (Phi) is 5.13. The second-order valence-corrected chi connectivity index (χ2v) is 5.68. The average Bonchev–Trinajstić information content (AvgIpc) is 2.88. The van der Waals surface area contributed by atoms with Gasteiger partial charge in [-0.2, -0.15) is 13.2 Å². The summed E-state index contributed by atoms with van der Waals surface area (Å²) in [5.41, 5.74) is -0.820. The topological polar surface area (TPSA) is 24.9 Å². The van der Waals surface area contributed by atoms with Crippen molar-refractivity contribution in [2.75, 3.05) is 11.9 Å². The van der Waals surface area contributed by atoms with Crippen LogP contribution in [0.15, 0.2) is 12.3 Å². The molecule has 0 saturated heterocycles. The summed E-state index contributed by atoms with van der Waals surface area (Å²) in [5.74, 6) is 1.14. The summed E-state index contributed by atoms with van der Waals surface area (Å²) in [6.07, 6.45) is 3.81. The number of hydrogen-bond donors (Lipinski definition) is 1. The molecule has 6 heteroatoms. The van der Waals surface area contributed by atoms with Crippen LogP contribution in [0.4, 0.5) is 19.0 Å². The summed E-state index contributed by atoms with van der Waals surface area (Å²) >= 11 is 5.82. The molecule has 0 atom stereocenters. The van der Waals surface area contributed by atoms with Crippen LogP contribution in [0.25, 0.3) is 0 Å². The molecular weight excluding hydrogens is 289 g/mol. The fourth-order valence-electron chi connectivity index (χ4n) is 2.62. The van der Waals surface area contributed by atoms with Gasteiger partial charge in [0.2, 0.25) is 0 Å². The van der Waals surface area contributed by atoms with E-state index in [2.05, 4.69) is 10.3 Å². The Labute approximate surface area is 121 Å². The number of pyridine rings is 1. The zero-order valence-corrected chi connectivity index (χ0v) is 11.9. The molecule has 1 fully saturated rings. The Morgan fingerprint density at radius 3 is 2.60 bits per heavy atom. The van der Waals surface area contributed by atoms with Crippen molar-refractivity contribution in [3.8, 4) is 0 Å². The van der Waals surface area contributed by atoms with Gasteiger partial charge in [0.15, 0.2) is 0 Å². The molecule has 1 saturated carbocycles. The number of alkyl halides is 3. The SMILES string of the molecule is FC(F)(F)c1cnc(NCCCC2CCCC2)c(Cl)c1. The van der Waals surface area contributed by atoms with Crippen LogP contribution in [0.1, 0.15) is 44.1 Å². The third kappa shape index (κ3) is 4.27. The smallest absolute Gasteiger partial charge is 0.369 e. The molecule has 0 aliphatic heterocycles. The second kappa shape index (κ2) is 6.66. The average molecular weight is 307 g/mol. The van der Waals surface area contributed by atoms with Crippen LogP contribution in [0, 0.1) is 5.92 Å². The summed E-state index contributed by atoms with van der Waals surface area (Å²) in [5, 5.41) is 3.02. The molecule has 0 bridgehead atoms. The molecule has 0 unspecified atom stereocenters. The van der Waals surface area contributed by atoms with Crippen LogP contribution in [0.3, 0.4) is 0 Å². The minimum Gasteiger partial charge on any atom is -0.369 e. The van der Waals surface area contributed by atoms with Crippen molar-refractivity contribution >= 4 is 17.4 Å². The standard InChI is InChI=1S/C14H18ClF3N2/c15-12-8-11(14(16,17)18)9-20-13(12)19-7-3-6-10-4-1-2-5-10/h8-10H,1-7H2,(H,19,20). The van der Waals surface area contributed by atoms with Gasteiger partial charge in [-0.3, -0.25) is 0 Å². The maximum Gasteiger partial charge on any atom is 0.417 e. The number of rotatable bonds is 5. The molecular formula is C14H18ClF3N2. The highest BCUT2D eigenvalue weighted by Gasteiger charge is 2.31. The lowest BCUT2D eigenvalue weighted by Gasteiger charge is -2.12. The van der Waals surface area contributed by atoms with Crippen LogP contribution in [-0.4, -0.2) is 11.5 Å². The predicted molar refractivity (Wildman–Crippen MR) is 73.9 cm³/mol. The molecule has 2 rings (SSSR count). The van der Waals surface area contributed by atoms with Crippen molar-refractivity contribution in [3.63, 3.8) is 0 Å². The lowest BCUT2D eigenvalue weighted by molar-refractivity contribution is -0.137. The van der Waals surface area contributed by atoms with E-state index in [1.807, 2.05) is 0 Å². The molecule has 0 amide bonds. The highest BCUT2D eigenvalue weighted by molar-refractivity contribution is 6.32. The monoisotopic (exact) mass is 306 g/mol. The van der Waals surface area contributed by atoms with E-state index in [4.69, 9.17) is 11.6 Å². The van der Waals surface area contributed by atoms with Gasteiger partial charge in [-0.15, -0.1) is 0 Å². The normalized spacial score (nSPS) is 16.6. The van der Waals surface area contributed by atoms with E-state index in [1.165, 1.54) is 25.7 Å². The Hall–Kier alpha value is -0.970. The number of halogens is 4. The molecule has 1 N–H and O–H groups in total. The van der Waals surface area contributed by atoms with E-state index in [1.54, 1.807) is 0 Å². The molecule has 1 aliphatic rings. The summed E-state index contributed by atoms with van der Waals surface area (Å²) in [7, 11) is 0. The third-order valence-electron chi connectivity index (χ3n) is 3.72. The predicted octanol–water partition coefficient (Wildman–Crippen LogP) is 5.14. The maximum absolute atomic E-state index is 12.5. The summed E-state index contributed by atoms with van der Waals surface area (Å²) in [6.45, 7) is 0.689. The van der Waals surface area contributed by atoms with E-state index in [-0.39, 0.29) is 5.02 Å². The van der Waals surface area contributed by atoms with Crippen LogP contribution in [-0.2, 0) is 6.18 Å². The third-order valence-corrected chi connectivity index (χ3v) is 4.01. The van der Waals surface area contributed by atoms with Crippen molar-refractivity contribution in [1.82, 2.24) is 4.98 Å². The highest BCUT2D eigenvalue weighted by Crippen LogP contribution is 2.32. The number of hydrogen-bond acceptors (Lipinski definition) is 2. The highest BCUT2D eigenvalue weighted by atomic mass is 35.5. The van der Waals surface area contributed by atoms with E-state index < -0.39 is 11.7 Å². The summed E-state index contributed by atoms with van der Waals surface area (Å²) in [6, 6.07) is 0.911. The van der Waals surface area contributed by atoms with Crippen molar-refractivity contribution in [2.45, 2.75) is 44.7 Å². The van der Waals surface area contributed by atoms with Gasteiger partial charge in [-0.1, -0.05) is 37.3 Å². The zero-order chi connectivity index (χ0) is 14.6. The first kappa shape index (κ1) is 15.4. The maximum atomic E-state index is 12.5. The van der Waals surface area contributed by atoms with Gasteiger partial charge in [0.25, 0.3) is 0 Å². The molecule has 1 aromatic rings. The Balaban J connectivity index is 1.80. The number of aromatic nitrogens is 1. The van der Waals surface area contributed by atoms with Crippen LogP contribution >= 0.6 is 11.6 Å². The molecule has 0 radical (unpaired) electrons. The van der Waals surface area contributed by atoms with Crippen LogP contribution in [0.2, 0.25) is 5.02 Å². The zero-order valence-electron chi connectivity index (χ0n) is 11.1. The van der Waals surface area contributed by atoms with E-state index in [0.717, 1.165) is 31.0 Å². The summed E-state index contributed by atoms with van der Waals surface area (Å²) in [4.78, 5) is 3.75. The van der Waals surface area contributed by atoms with Crippen molar-refractivity contribution < 1.29 is 13.2 Å². The molecule has 1 aromatic heterocycles. The van der Waals surface area contributed by atoms with Gasteiger partial charge in [0.05, 0.1) is 10.6 Å². The molecule has 0 spiro atoms. The lowest BCUT2D eigenvalue weighted by Crippen LogP contribution is -2.09. The minimum atomic E-state index is -4.41. The van der Waals surface area contributed by atoms with E-state index in [9.17, 15) is 13.2 Å². The number of anilines is 1. The van der Waals surface area contributed by atoms with Gasteiger partial charge in [0.1, 0.15) is 5.82 Å². The first-order valence-corrected chi connectivity index (χ1v) is 7.31. The minimum absolute atomic E-state index is 0.0145. The van der Waals surface area contributed by atoms with Gasteiger partial charge < -0.3 is 5.32 Å². The van der Waals surface area contributed by atoms with Gasteiger partial charge >= 0.3 is 6.18 Å². The van der Waals surface area contributed by atoms with Crippen molar-refractivity contribution in [2.24, 2.45) is 5.92 Å². The van der Waals surface area contributed by atoms with Crippen LogP contribution in [0.5, 0.6) is 0 Å². The molecule has 1 aliphatic carbocycles. The van der Waals surface area contributed by atoms with Gasteiger partial charge in [-0.05, 0) is 24.8 Å². The fourth-order valence-corrected chi connectivity index (χ4v) is 2.85. The first-order valence-electron chi connectivity index (χ1n) is 6.93. The Morgan fingerprint density at radius 2 is 2.00 bits per heavy atom. The Morgan fingerprint density at radius 1 is 1.30 bits per heavy atom. The van der Waals surface area contributed by atoms with Gasteiger partial charge in [0, 0.05) is 12.7 Å².